The minimum absolute atomic E-state index is 0.0422. The molecule has 5 heteroatoms. The van der Waals surface area contributed by atoms with Gasteiger partial charge in [0.2, 0.25) is 5.91 Å². The van der Waals surface area contributed by atoms with Gasteiger partial charge in [-0.3, -0.25) is 9.48 Å². The molecule has 0 unspecified atom stereocenters. The summed E-state index contributed by atoms with van der Waals surface area (Å²) in [6.45, 7) is 2.09. The van der Waals surface area contributed by atoms with E-state index in [1.807, 2.05) is 25.1 Å². The standard InChI is InChI=1S/C14H17N3O2/c1-10(19-2)11-4-3-5-12(6-11)13-7-16-17(8-13)9-14(15)18/h3-8,10H,9H2,1-2H3,(H2,15,18)/t10-/m1/s1. The van der Waals surface area contributed by atoms with Crippen molar-refractivity contribution in [2.75, 3.05) is 7.11 Å². The van der Waals surface area contributed by atoms with Crippen LogP contribution in [0.5, 0.6) is 0 Å². The maximum Gasteiger partial charge on any atom is 0.239 e. The molecule has 0 aliphatic heterocycles. The number of hydrogen-bond donors (Lipinski definition) is 1. The zero-order valence-electron chi connectivity index (χ0n) is 11.0. The van der Waals surface area contributed by atoms with Crippen LogP contribution in [0.2, 0.25) is 0 Å². The smallest absolute Gasteiger partial charge is 0.239 e. The first-order valence-corrected chi connectivity index (χ1v) is 6.04. The van der Waals surface area contributed by atoms with Crippen LogP contribution in [0, 0.1) is 0 Å². The van der Waals surface area contributed by atoms with Gasteiger partial charge in [0.05, 0.1) is 12.3 Å². The summed E-state index contributed by atoms with van der Waals surface area (Å²) in [5.41, 5.74) is 8.23. The molecule has 0 aliphatic rings. The molecule has 1 heterocycles. The summed E-state index contributed by atoms with van der Waals surface area (Å²) in [5, 5.41) is 4.11. The van der Waals surface area contributed by atoms with Crippen molar-refractivity contribution >= 4 is 5.91 Å². The van der Waals surface area contributed by atoms with E-state index in [-0.39, 0.29) is 12.6 Å². The number of benzene rings is 1. The largest absolute Gasteiger partial charge is 0.377 e. The fraction of sp³-hybridized carbons (Fsp3) is 0.286. The lowest BCUT2D eigenvalue weighted by Gasteiger charge is -2.10. The number of aromatic nitrogens is 2. The number of ether oxygens (including phenoxy) is 1. The van der Waals surface area contributed by atoms with Gasteiger partial charge < -0.3 is 10.5 Å². The van der Waals surface area contributed by atoms with Crippen LogP contribution in [0.1, 0.15) is 18.6 Å². The molecule has 0 saturated carbocycles. The van der Waals surface area contributed by atoms with Gasteiger partial charge in [0, 0.05) is 18.9 Å². The average molecular weight is 259 g/mol. The van der Waals surface area contributed by atoms with Crippen LogP contribution in [-0.2, 0) is 16.1 Å². The molecule has 2 aromatic rings. The van der Waals surface area contributed by atoms with E-state index in [2.05, 4.69) is 11.2 Å². The van der Waals surface area contributed by atoms with Crippen LogP contribution in [0.25, 0.3) is 11.1 Å². The maximum absolute atomic E-state index is 10.8. The van der Waals surface area contributed by atoms with Crippen molar-refractivity contribution in [1.82, 2.24) is 9.78 Å². The van der Waals surface area contributed by atoms with E-state index in [1.165, 1.54) is 4.68 Å². The SMILES string of the molecule is CO[C@H](C)c1cccc(-c2cnn(CC(N)=O)c2)c1. The van der Waals surface area contributed by atoms with E-state index >= 15 is 0 Å². The number of methoxy groups -OCH3 is 1. The summed E-state index contributed by atoms with van der Waals surface area (Å²) in [7, 11) is 1.68. The van der Waals surface area contributed by atoms with Crippen LogP contribution in [0.4, 0.5) is 0 Å². The summed E-state index contributed by atoms with van der Waals surface area (Å²) in [6, 6.07) is 8.05. The fourth-order valence-electron chi connectivity index (χ4n) is 1.87. The second kappa shape index (κ2) is 5.67. The van der Waals surface area contributed by atoms with Crippen LogP contribution in [0.15, 0.2) is 36.7 Å². The summed E-state index contributed by atoms with van der Waals surface area (Å²) in [5.74, 6) is -0.406. The minimum atomic E-state index is -0.406. The molecule has 0 bridgehead atoms. The Morgan fingerprint density at radius 1 is 1.47 bits per heavy atom. The Morgan fingerprint density at radius 2 is 2.26 bits per heavy atom. The first-order valence-electron chi connectivity index (χ1n) is 6.04. The van der Waals surface area contributed by atoms with Gasteiger partial charge in [-0.25, -0.2) is 0 Å². The predicted octanol–water partition coefficient (Wildman–Crippen LogP) is 1.74. The Morgan fingerprint density at radius 3 is 2.95 bits per heavy atom. The normalized spacial score (nSPS) is 12.3. The molecule has 1 atom stereocenters. The Kier molecular flexibility index (Phi) is 3.97. The predicted molar refractivity (Wildman–Crippen MR) is 72.3 cm³/mol. The molecule has 0 saturated heterocycles. The molecule has 0 fully saturated rings. The quantitative estimate of drug-likeness (QED) is 0.889. The van der Waals surface area contributed by atoms with Gasteiger partial charge in [-0.15, -0.1) is 0 Å². The fourth-order valence-corrected chi connectivity index (χ4v) is 1.87. The molecule has 1 aromatic carbocycles. The maximum atomic E-state index is 10.8. The van der Waals surface area contributed by atoms with Gasteiger partial charge in [-0.05, 0) is 24.1 Å². The number of carbonyl (C=O) groups is 1. The van der Waals surface area contributed by atoms with Crippen molar-refractivity contribution in [3.63, 3.8) is 0 Å². The Labute approximate surface area is 112 Å². The first-order chi connectivity index (χ1) is 9.10. The van der Waals surface area contributed by atoms with E-state index in [0.717, 1.165) is 16.7 Å². The number of primary amides is 1. The topological polar surface area (TPSA) is 70.1 Å². The number of carbonyl (C=O) groups excluding carboxylic acids is 1. The number of hydrogen-bond acceptors (Lipinski definition) is 3. The molecule has 1 aromatic heterocycles. The highest BCUT2D eigenvalue weighted by atomic mass is 16.5. The third-order valence-electron chi connectivity index (χ3n) is 2.99. The lowest BCUT2D eigenvalue weighted by molar-refractivity contribution is -0.118. The highest BCUT2D eigenvalue weighted by Gasteiger charge is 2.07. The van der Waals surface area contributed by atoms with Gasteiger partial charge in [0.15, 0.2) is 0 Å². The van der Waals surface area contributed by atoms with Crippen LogP contribution >= 0.6 is 0 Å². The number of rotatable bonds is 5. The summed E-state index contributed by atoms with van der Waals surface area (Å²) < 4.78 is 6.83. The van der Waals surface area contributed by atoms with Crippen molar-refractivity contribution in [1.29, 1.82) is 0 Å². The van der Waals surface area contributed by atoms with E-state index < -0.39 is 5.91 Å². The van der Waals surface area contributed by atoms with E-state index in [0.29, 0.717) is 0 Å². The highest BCUT2D eigenvalue weighted by molar-refractivity contribution is 5.73. The van der Waals surface area contributed by atoms with Gasteiger partial charge in [0.25, 0.3) is 0 Å². The monoisotopic (exact) mass is 259 g/mol. The van der Waals surface area contributed by atoms with Crippen molar-refractivity contribution in [3.05, 3.63) is 42.2 Å². The van der Waals surface area contributed by atoms with Crippen molar-refractivity contribution < 1.29 is 9.53 Å². The number of nitrogens with zero attached hydrogens (tertiary/aromatic N) is 2. The molecule has 0 spiro atoms. The molecule has 2 N–H and O–H groups in total. The summed E-state index contributed by atoms with van der Waals surface area (Å²) >= 11 is 0. The lowest BCUT2D eigenvalue weighted by atomic mass is 10.0. The third kappa shape index (κ3) is 3.20. The van der Waals surface area contributed by atoms with Crippen LogP contribution < -0.4 is 5.73 Å². The molecule has 5 nitrogen and oxygen atoms in total. The van der Waals surface area contributed by atoms with E-state index in [4.69, 9.17) is 10.5 Å². The zero-order chi connectivity index (χ0) is 13.8. The average Bonchev–Trinajstić information content (AvgIpc) is 2.85. The number of nitrogens with two attached hydrogens (primary N) is 1. The third-order valence-corrected chi connectivity index (χ3v) is 2.99. The first kappa shape index (κ1) is 13.3. The second-order valence-electron chi connectivity index (χ2n) is 4.40. The molecule has 19 heavy (non-hydrogen) atoms. The molecule has 100 valence electrons. The Bertz CT molecular complexity index is 578. The number of amides is 1. The molecule has 0 radical (unpaired) electrons. The van der Waals surface area contributed by atoms with Gasteiger partial charge >= 0.3 is 0 Å². The summed E-state index contributed by atoms with van der Waals surface area (Å²) in [6.07, 6.45) is 3.57. The Balaban J connectivity index is 2.26. The van der Waals surface area contributed by atoms with E-state index in [9.17, 15) is 4.79 Å². The molecule has 1 amide bonds. The van der Waals surface area contributed by atoms with E-state index in [1.54, 1.807) is 19.5 Å². The van der Waals surface area contributed by atoms with Crippen molar-refractivity contribution in [2.24, 2.45) is 5.73 Å². The molecule has 0 aliphatic carbocycles. The molecule has 2 rings (SSSR count). The molecular weight excluding hydrogens is 242 g/mol. The van der Waals surface area contributed by atoms with Crippen molar-refractivity contribution in [3.8, 4) is 11.1 Å². The van der Waals surface area contributed by atoms with Gasteiger partial charge in [0.1, 0.15) is 6.54 Å². The van der Waals surface area contributed by atoms with Crippen LogP contribution in [0.3, 0.4) is 0 Å². The summed E-state index contributed by atoms with van der Waals surface area (Å²) in [4.78, 5) is 10.8. The van der Waals surface area contributed by atoms with Crippen LogP contribution in [-0.4, -0.2) is 22.8 Å². The van der Waals surface area contributed by atoms with Crippen molar-refractivity contribution in [2.45, 2.75) is 19.6 Å². The zero-order valence-corrected chi connectivity index (χ0v) is 11.0. The highest BCUT2D eigenvalue weighted by Crippen LogP contribution is 2.24. The minimum Gasteiger partial charge on any atom is -0.377 e. The Hall–Kier alpha value is -2.14. The molecular formula is C14H17N3O2. The van der Waals surface area contributed by atoms with Gasteiger partial charge in [-0.2, -0.15) is 5.10 Å². The second-order valence-corrected chi connectivity index (χ2v) is 4.40. The lowest BCUT2D eigenvalue weighted by Crippen LogP contribution is -2.18. The van der Waals surface area contributed by atoms with Gasteiger partial charge in [-0.1, -0.05) is 18.2 Å².